The second kappa shape index (κ2) is 58.5. The van der Waals surface area contributed by atoms with Crippen LogP contribution in [0.2, 0.25) is 0 Å². The van der Waals surface area contributed by atoms with E-state index in [2.05, 4.69) is 55.4 Å². The van der Waals surface area contributed by atoms with Crippen molar-refractivity contribution >= 4 is 0 Å². The van der Waals surface area contributed by atoms with Crippen molar-refractivity contribution in [2.45, 2.75) is 180 Å². The van der Waals surface area contributed by atoms with Crippen LogP contribution in [-0.2, 0) is 0 Å². The average Bonchev–Trinajstić information content (AvgIpc) is 3.43. The fourth-order valence-corrected chi connectivity index (χ4v) is 4.99. The van der Waals surface area contributed by atoms with Gasteiger partial charge in [-0.2, -0.15) is 0 Å². The zero-order valence-corrected chi connectivity index (χ0v) is 52.8. The topological polar surface area (TPSA) is 177 Å². The molecular formula is C69H110O12. The van der Waals surface area contributed by atoms with E-state index >= 15 is 0 Å². The van der Waals surface area contributed by atoms with Crippen LogP contribution in [0.1, 0.15) is 139 Å². The van der Waals surface area contributed by atoms with Crippen LogP contribution in [0.3, 0.4) is 0 Å². The third-order valence-corrected chi connectivity index (χ3v) is 8.42. The molecule has 6 aromatic carbocycles. The fraction of sp³-hybridized carbons (Fsp3) is 0.478. The summed E-state index contributed by atoms with van der Waals surface area (Å²) in [6, 6.07) is 51.7. The van der Waals surface area contributed by atoms with Gasteiger partial charge in [-0.1, -0.05) is 190 Å². The van der Waals surface area contributed by atoms with Gasteiger partial charge in [0.05, 0.1) is 36.6 Å². The molecule has 6 aromatic rings. The number of hydrogen-bond donors (Lipinski definition) is 6. The SMILES string of the molecule is CC(O)COc1ccccc1.CC(O)COc1ccccc1.CC(O)COc1ccccc1.CCC.CCC.CCC.CCC.Cc1ccccc1OCC(C)O.Cc1ccccc1OCC(C)O.Cc1ccccc1OCC(C)O. The van der Waals surface area contributed by atoms with Gasteiger partial charge in [0.25, 0.3) is 0 Å². The van der Waals surface area contributed by atoms with E-state index in [0.29, 0.717) is 39.6 Å². The molecule has 0 radical (unpaired) electrons. The first-order chi connectivity index (χ1) is 38.6. The van der Waals surface area contributed by atoms with E-state index < -0.39 is 36.6 Å². The predicted molar refractivity (Wildman–Crippen MR) is 340 cm³/mol. The minimum absolute atomic E-state index is 0.351. The van der Waals surface area contributed by atoms with E-state index in [1.165, 1.54) is 25.7 Å². The summed E-state index contributed by atoms with van der Waals surface area (Å²) in [6.45, 7) is 35.3. The van der Waals surface area contributed by atoms with E-state index in [9.17, 15) is 0 Å². The minimum Gasteiger partial charge on any atom is -0.491 e. The summed E-state index contributed by atoms with van der Waals surface area (Å²) in [5.74, 6) is 4.94. The zero-order valence-electron chi connectivity index (χ0n) is 52.8. The van der Waals surface area contributed by atoms with Crippen LogP contribution in [0.4, 0.5) is 0 Å². The van der Waals surface area contributed by atoms with Crippen LogP contribution in [0.25, 0.3) is 0 Å². The number of aliphatic hydroxyl groups excluding tert-OH is 6. The third-order valence-electron chi connectivity index (χ3n) is 8.42. The van der Waals surface area contributed by atoms with Crippen molar-refractivity contribution in [3.8, 4) is 34.5 Å². The van der Waals surface area contributed by atoms with Gasteiger partial charge in [-0.05, 0) is 134 Å². The highest BCUT2D eigenvalue weighted by molar-refractivity contribution is 5.33. The van der Waals surface area contributed by atoms with Crippen molar-refractivity contribution in [3.05, 3.63) is 180 Å². The lowest BCUT2D eigenvalue weighted by molar-refractivity contribution is 0.122. The molecule has 0 amide bonds. The average molecular weight is 1130 g/mol. The normalized spacial score (nSPS) is 11.6. The van der Waals surface area contributed by atoms with E-state index in [1.807, 2.05) is 185 Å². The molecule has 12 nitrogen and oxygen atoms in total. The van der Waals surface area contributed by atoms with Gasteiger partial charge in [-0.25, -0.2) is 0 Å². The molecule has 12 heteroatoms. The Morgan fingerprint density at radius 3 is 0.556 bits per heavy atom. The van der Waals surface area contributed by atoms with Gasteiger partial charge >= 0.3 is 0 Å². The molecule has 0 aliphatic heterocycles. The predicted octanol–water partition coefficient (Wildman–Crippen LogP) is 15.3. The lowest BCUT2D eigenvalue weighted by Gasteiger charge is -2.09. The van der Waals surface area contributed by atoms with Gasteiger partial charge < -0.3 is 59.1 Å². The summed E-state index contributed by atoms with van der Waals surface area (Å²) >= 11 is 0. The molecule has 6 unspecified atom stereocenters. The summed E-state index contributed by atoms with van der Waals surface area (Å²) in [5.41, 5.74) is 3.29. The number of aryl methyl sites for hydroxylation is 3. The minimum atomic E-state index is -0.412. The Kier molecular flexibility index (Phi) is 58.8. The number of aliphatic hydroxyl groups is 6. The highest BCUT2D eigenvalue weighted by atomic mass is 16.5. The number of ether oxygens (including phenoxy) is 6. The Balaban J connectivity index is -0.000000422. The highest BCUT2D eigenvalue weighted by Gasteiger charge is 2.03. The van der Waals surface area contributed by atoms with E-state index in [0.717, 1.165) is 51.2 Å². The first-order valence-corrected chi connectivity index (χ1v) is 28.8. The van der Waals surface area contributed by atoms with E-state index in [4.69, 9.17) is 59.1 Å². The maximum atomic E-state index is 8.98. The van der Waals surface area contributed by atoms with Crippen LogP contribution >= 0.6 is 0 Å². The monoisotopic (exact) mass is 1130 g/mol. The summed E-state index contributed by atoms with van der Waals surface area (Å²) < 4.78 is 31.7. The smallest absolute Gasteiger partial charge is 0.122 e. The molecule has 0 aliphatic rings. The van der Waals surface area contributed by atoms with Gasteiger partial charge in [-0.3, -0.25) is 0 Å². The second-order valence-corrected chi connectivity index (χ2v) is 19.0. The fourth-order valence-electron chi connectivity index (χ4n) is 4.99. The molecule has 0 fully saturated rings. The number of hydrogen-bond acceptors (Lipinski definition) is 12. The molecule has 0 heterocycles. The van der Waals surface area contributed by atoms with Gasteiger partial charge in [-0.15, -0.1) is 0 Å². The molecule has 458 valence electrons. The van der Waals surface area contributed by atoms with Gasteiger partial charge in [0.2, 0.25) is 0 Å². The molecule has 0 bridgehead atoms. The van der Waals surface area contributed by atoms with Crippen molar-refractivity contribution in [1.29, 1.82) is 0 Å². The van der Waals surface area contributed by atoms with Crippen LogP contribution in [-0.4, -0.2) is 107 Å². The van der Waals surface area contributed by atoms with Crippen molar-refractivity contribution in [3.63, 3.8) is 0 Å². The molecule has 0 aromatic heterocycles. The zero-order chi connectivity index (χ0) is 62.1. The standard InChI is InChI=1S/3C10H14O2.3C9H12O2.4C3H8/c3*1-8-5-3-4-6-10(8)12-7-9(2)11;3*1-8(10)7-11-9-5-3-2-4-6-9;4*1-3-2/h3*3-6,9,11H,7H2,1-2H3;3*2-6,8,10H,7H2,1H3;4*3H2,1-2H3. The number of para-hydroxylation sites is 6. The summed E-state index contributed by atoms with van der Waals surface area (Å²) in [4.78, 5) is 0. The molecule has 0 saturated heterocycles. The molecule has 6 N–H and O–H groups in total. The quantitative estimate of drug-likeness (QED) is 0.0481. The van der Waals surface area contributed by atoms with Crippen molar-refractivity contribution in [2.75, 3.05) is 39.6 Å². The molecule has 81 heavy (non-hydrogen) atoms. The highest BCUT2D eigenvalue weighted by Crippen LogP contribution is 2.18. The van der Waals surface area contributed by atoms with Gasteiger partial charge in [0, 0.05) is 0 Å². The van der Waals surface area contributed by atoms with Crippen LogP contribution < -0.4 is 28.4 Å². The number of rotatable bonds is 18. The first kappa shape index (κ1) is 81.4. The van der Waals surface area contributed by atoms with Crippen LogP contribution in [0, 0.1) is 20.8 Å². The summed E-state index contributed by atoms with van der Waals surface area (Å²) in [7, 11) is 0. The maximum absolute atomic E-state index is 8.98. The molecule has 0 spiro atoms. The molecule has 6 rings (SSSR count). The van der Waals surface area contributed by atoms with Crippen LogP contribution in [0.15, 0.2) is 164 Å². The molecular weight excluding hydrogens is 1020 g/mol. The van der Waals surface area contributed by atoms with Gasteiger partial charge in [0.1, 0.15) is 74.1 Å². The Bertz CT molecular complexity index is 1920. The first-order valence-electron chi connectivity index (χ1n) is 28.8. The van der Waals surface area contributed by atoms with E-state index in [1.54, 1.807) is 41.5 Å². The van der Waals surface area contributed by atoms with Crippen molar-refractivity contribution in [2.24, 2.45) is 0 Å². The Morgan fingerprint density at radius 2 is 0.395 bits per heavy atom. The molecule has 0 saturated carbocycles. The molecule has 0 aliphatic carbocycles. The lowest BCUT2D eigenvalue weighted by atomic mass is 10.2. The van der Waals surface area contributed by atoms with Gasteiger partial charge in [0.15, 0.2) is 0 Å². The van der Waals surface area contributed by atoms with Crippen LogP contribution in [0.5, 0.6) is 34.5 Å². The molecule has 6 atom stereocenters. The maximum Gasteiger partial charge on any atom is 0.122 e. The second-order valence-electron chi connectivity index (χ2n) is 19.0. The van der Waals surface area contributed by atoms with E-state index in [-0.39, 0.29) is 0 Å². The Morgan fingerprint density at radius 1 is 0.247 bits per heavy atom. The number of benzene rings is 6. The largest absolute Gasteiger partial charge is 0.491 e. The third kappa shape index (κ3) is 58.4. The summed E-state index contributed by atoms with van der Waals surface area (Å²) in [5, 5.41) is 53.6. The Labute approximate surface area is 491 Å². The van der Waals surface area contributed by atoms with Crippen molar-refractivity contribution in [1.82, 2.24) is 0 Å². The van der Waals surface area contributed by atoms with Crippen molar-refractivity contribution < 1.29 is 59.1 Å². The lowest BCUT2D eigenvalue weighted by Crippen LogP contribution is -2.13. The summed E-state index contributed by atoms with van der Waals surface area (Å²) in [6.07, 6.45) is 2.54. The Hall–Kier alpha value is -6.12.